The first-order valence-corrected chi connectivity index (χ1v) is 6.00. The van der Waals surface area contributed by atoms with Crippen LogP contribution < -0.4 is 10.5 Å². The van der Waals surface area contributed by atoms with Gasteiger partial charge in [0, 0.05) is 22.7 Å². The minimum absolute atomic E-state index is 0.114. The Morgan fingerprint density at radius 1 is 1.47 bits per heavy atom. The zero-order valence-electron chi connectivity index (χ0n) is 9.99. The second kappa shape index (κ2) is 3.74. The molecular formula is C13H17N3O. The van der Waals surface area contributed by atoms with Gasteiger partial charge in [-0.2, -0.15) is 4.98 Å². The van der Waals surface area contributed by atoms with Crippen LogP contribution in [0.3, 0.4) is 0 Å². The van der Waals surface area contributed by atoms with Crippen molar-refractivity contribution in [1.82, 2.24) is 9.97 Å². The molecule has 0 amide bonds. The molecule has 0 atom stereocenters. The molecule has 0 aromatic carbocycles. The Hall–Kier alpha value is -1.55. The Bertz CT molecular complexity index is 543. The number of H-pyrrole nitrogens is 1. The number of rotatable bonds is 4. The quantitative estimate of drug-likeness (QED) is 0.845. The van der Waals surface area contributed by atoms with Gasteiger partial charge in [-0.1, -0.05) is 0 Å². The number of aryl methyl sites for hydroxylation is 1. The van der Waals surface area contributed by atoms with E-state index in [0.29, 0.717) is 5.88 Å². The molecule has 0 bridgehead atoms. The highest BCUT2D eigenvalue weighted by molar-refractivity contribution is 5.77. The maximum absolute atomic E-state index is 6.08. The van der Waals surface area contributed by atoms with Gasteiger partial charge in [0.2, 0.25) is 5.88 Å². The summed E-state index contributed by atoms with van der Waals surface area (Å²) < 4.78 is 5.10. The van der Waals surface area contributed by atoms with Crippen molar-refractivity contribution in [2.24, 2.45) is 5.73 Å². The molecule has 3 rings (SSSR count). The Balaban J connectivity index is 1.80. The molecule has 0 spiro atoms. The summed E-state index contributed by atoms with van der Waals surface area (Å²) in [7, 11) is 1.63. The Kier molecular flexibility index (Phi) is 2.33. The van der Waals surface area contributed by atoms with Crippen LogP contribution in [0.25, 0.3) is 11.0 Å². The second-order valence-electron chi connectivity index (χ2n) is 4.95. The lowest BCUT2D eigenvalue weighted by Crippen LogP contribution is -2.22. The molecule has 17 heavy (non-hydrogen) atoms. The van der Waals surface area contributed by atoms with Gasteiger partial charge in [-0.25, -0.2) is 0 Å². The second-order valence-corrected chi connectivity index (χ2v) is 4.95. The first-order chi connectivity index (χ1) is 8.18. The topological polar surface area (TPSA) is 63.9 Å². The normalized spacial score (nSPS) is 17.3. The van der Waals surface area contributed by atoms with Crippen LogP contribution in [0.15, 0.2) is 18.2 Å². The minimum Gasteiger partial charge on any atom is -0.481 e. The molecular weight excluding hydrogens is 214 g/mol. The van der Waals surface area contributed by atoms with Gasteiger partial charge in [-0.3, -0.25) is 0 Å². The van der Waals surface area contributed by atoms with Crippen LogP contribution >= 0.6 is 0 Å². The number of pyridine rings is 1. The van der Waals surface area contributed by atoms with Crippen LogP contribution in [-0.2, 0) is 6.42 Å². The van der Waals surface area contributed by atoms with Crippen molar-refractivity contribution in [2.45, 2.75) is 31.2 Å². The van der Waals surface area contributed by atoms with Crippen LogP contribution in [-0.4, -0.2) is 22.6 Å². The van der Waals surface area contributed by atoms with Crippen molar-refractivity contribution in [3.8, 4) is 5.88 Å². The van der Waals surface area contributed by atoms with Gasteiger partial charge >= 0.3 is 0 Å². The molecule has 1 aliphatic rings. The van der Waals surface area contributed by atoms with Crippen molar-refractivity contribution < 1.29 is 4.74 Å². The zero-order valence-corrected chi connectivity index (χ0v) is 9.99. The van der Waals surface area contributed by atoms with E-state index < -0.39 is 0 Å². The van der Waals surface area contributed by atoms with Gasteiger partial charge in [0.05, 0.1) is 7.11 Å². The van der Waals surface area contributed by atoms with Crippen molar-refractivity contribution in [2.75, 3.05) is 7.11 Å². The number of aromatic nitrogens is 2. The Labute approximate surface area is 100 Å². The van der Waals surface area contributed by atoms with E-state index in [1.54, 1.807) is 7.11 Å². The Morgan fingerprint density at radius 3 is 3.00 bits per heavy atom. The molecule has 3 N–H and O–H groups in total. The summed E-state index contributed by atoms with van der Waals surface area (Å²) in [6, 6.07) is 6.05. The highest BCUT2D eigenvalue weighted by Crippen LogP contribution is 2.36. The molecule has 4 nitrogen and oxygen atoms in total. The third-order valence-corrected chi connectivity index (χ3v) is 3.50. The van der Waals surface area contributed by atoms with E-state index >= 15 is 0 Å². The van der Waals surface area contributed by atoms with E-state index in [-0.39, 0.29) is 5.54 Å². The summed E-state index contributed by atoms with van der Waals surface area (Å²) in [5.41, 5.74) is 8.29. The standard InChI is InChI=1S/C13H17N3O/c1-17-11-3-2-9-8-10(15-12(9)16-11)4-5-13(14)6-7-13/h2-3,8H,4-7,14H2,1H3,(H,15,16). The number of nitrogens with one attached hydrogen (secondary N) is 1. The number of nitrogens with two attached hydrogens (primary N) is 1. The average Bonchev–Trinajstić information content (AvgIpc) is 2.93. The van der Waals surface area contributed by atoms with Crippen LogP contribution in [0.4, 0.5) is 0 Å². The molecule has 2 aromatic rings. The zero-order chi connectivity index (χ0) is 11.9. The molecule has 4 heteroatoms. The number of hydrogen-bond acceptors (Lipinski definition) is 3. The van der Waals surface area contributed by atoms with Gasteiger partial charge in [0.1, 0.15) is 5.65 Å². The number of nitrogens with zero attached hydrogens (tertiary/aromatic N) is 1. The van der Waals surface area contributed by atoms with Gasteiger partial charge in [0.25, 0.3) is 0 Å². The molecule has 0 unspecified atom stereocenters. The van der Waals surface area contributed by atoms with E-state index in [1.807, 2.05) is 12.1 Å². The molecule has 1 fully saturated rings. The first-order valence-electron chi connectivity index (χ1n) is 6.00. The van der Waals surface area contributed by atoms with Crippen molar-refractivity contribution in [1.29, 1.82) is 0 Å². The third kappa shape index (κ3) is 2.13. The van der Waals surface area contributed by atoms with E-state index in [0.717, 1.165) is 23.9 Å². The molecule has 0 aliphatic heterocycles. The van der Waals surface area contributed by atoms with Crippen LogP contribution in [0, 0.1) is 0 Å². The van der Waals surface area contributed by atoms with E-state index in [2.05, 4.69) is 16.0 Å². The van der Waals surface area contributed by atoms with Crippen LogP contribution in [0.1, 0.15) is 25.0 Å². The van der Waals surface area contributed by atoms with Crippen LogP contribution in [0.5, 0.6) is 5.88 Å². The number of ether oxygens (including phenoxy) is 1. The summed E-state index contributed by atoms with van der Waals surface area (Å²) >= 11 is 0. The summed E-state index contributed by atoms with van der Waals surface area (Å²) in [6.45, 7) is 0. The fraction of sp³-hybridized carbons (Fsp3) is 0.462. The lowest BCUT2D eigenvalue weighted by Gasteiger charge is -2.05. The SMILES string of the molecule is COc1ccc2cc(CCC3(N)CC3)[nH]c2n1. The van der Waals surface area contributed by atoms with E-state index in [4.69, 9.17) is 10.5 Å². The number of aromatic amines is 1. The molecule has 2 heterocycles. The number of fused-ring (bicyclic) bond motifs is 1. The molecule has 1 saturated carbocycles. The predicted molar refractivity (Wildman–Crippen MR) is 67.1 cm³/mol. The van der Waals surface area contributed by atoms with Crippen molar-refractivity contribution in [3.63, 3.8) is 0 Å². The smallest absolute Gasteiger partial charge is 0.214 e. The molecule has 1 aliphatic carbocycles. The van der Waals surface area contributed by atoms with Gasteiger partial charge in [-0.05, 0) is 37.8 Å². The first kappa shape index (κ1) is 10.6. The summed E-state index contributed by atoms with van der Waals surface area (Å²) in [6.07, 6.45) is 4.38. The predicted octanol–water partition coefficient (Wildman–Crippen LogP) is 2.00. The van der Waals surface area contributed by atoms with E-state index in [1.165, 1.54) is 18.5 Å². The van der Waals surface area contributed by atoms with Gasteiger partial charge in [0.15, 0.2) is 0 Å². The highest BCUT2D eigenvalue weighted by Gasteiger charge is 2.37. The number of methoxy groups -OCH3 is 1. The monoisotopic (exact) mass is 231 g/mol. The van der Waals surface area contributed by atoms with Crippen molar-refractivity contribution >= 4 is 11.0 Å². The maximum atomic E-state index is 6.08. The van der Waals surface area contributed by atoms with Crippen LogP contribution in [0.2, 0.25) is 0 Å². The highest BCUT2D eigenvalue weighted by atomic mass is 16.5. The third-order valence-electron chi connectivity index (χ3n) is 3.50. The van der Waals surface area contributed by atoms with E-state index in [9.17, 15) is 0 Å². The average molecular weight is 231 g/mol. The maximum Gasteiger partial charge on any atom is 0.214 e. The molecule has 0 radical (unpaired) electrons. The largest absolute Gasteiger partial charge is 0.481 e. The minimum atomic E-state index is 0.114. The molecule has 0 saturated heterocycles. The lowest BCUT2D eigenvalue weighted by molar-refractivity contribution is 0.399. The lowest BCUT2D eigenvalue weighted by atomic mass is 10.1. The molecule has 2 aromatic heterocycles. The Morgan fingerprint density at radius 2 is 2.29 bits per heavy atom. The summed E-state index contributed by atoms with van der Waals surface area (Å²) in [4.78, 5) is 7.69. The fourth-order valence-electron chi connectivity index (χ4n) is 2.09. The van der Waals surface area contributed by atoms with Crippen molar-refractivity contribution in [3.05, 3.63) is 23.9 Å². The number of hydrogen-bond donors (Lipinski definition) is 2. The van der Waals surface area contributed by atoms with Gasteiger partial charge in [-0.15, -0.1) is 0 Å². The summed E-state index contributed by atoms with van der Waals surface area (Å²) in [5.74, 6) is 0.642. The fourth-order valence-corrected chi connectivity index (χ4v) is 2.09. The summed E-state index contributed by atoms with van der Waals surface area (Å²) in [5, 5.41) is 1.13. The van der Waals surface area contributed by atoms with Gasteiger partial charge < -0.3 is 15.5 Å². The molecule has 90 valence electrons.